The molecule has 1 N–H and O–H groups in total. The second kappa shape index (κ2) is 5.31. The van der Waals surface area contributed by atoms with E-state index in [0.717, 1.165) is 12.3 Å². The van der Waals surface area contributed by atoms with E-state index in [-0.39, 0.29) is 11.4 Å². The Labute approximate surface area is 109 Å². The van der Waals surface area contributed by atoms with Crippen LogP contribution in [0.4, 0.5) is 14.5 Å². The number of nitrogens with zero attached hydrogens (tertiary/aromatic N) is 1. The van der Waals surface area contributed by atoms with Crippen molar-refractivity contribution in [2.24, 2.45) is 0 Å². The van der Waals surface area contributed by atoms with Gasteiger partial charge in [0.1, 0.15) is 11.6 Å². The summed E-state index contributed by atoms with van der Waals surface area (Å²) >= 11 is 0. The summed E-state index contributed by atoms with van der Waals surface area (Å²) in [6.07, 6.45) is 2.17. The number of rotatable bonds is 4. The number of hydrogen-bond donors (Lipinski definition) is 1. The van der Waals surface area contributed by atoms with E-state index in [4.69, 9.17) is 0 Å². The lowest BCUT2D eigenvalue weighted by Crippen LogP contribution is -2.15. The van der Waals surface area contributed by atoms with Crippen molar-refractivity contribution in [2.45, 2.75) is 5.75 Å². The SMILES string of the molecule is O=S(=O)(Cc1ccc(F)cc1)Nc1cncc(F)c1. The summed E-state index contributed by atoms with van der Waals surface area (Å²) in [7, 11) is -3.70. The molecule has 2 rings (SSSR count). The Balaban J connectivity index is 2.13. The first-order valence-corrected chi connectivity index (χ1v) is 6.95. The lowest BCUT2D eigenvalue weighted by molar-refractivity contribution is 0.599. The van der Waals surface area contributed by atoms with E-state index in [0.29, 0.717) is 5.56 Å². The fourth-order valence-corrected chi connectivity index (χ4v) is 2.66. The van der Waals surface area contributed by atoms with E-state index in [1.54, 1.807) is 0 Å². The second-order valence-electron chi connectivity index (χ2n) is 3.88. The zero-order chi connectivity index (χ0) is 13.9. The highest BCUT2D eigenvalue weighted by Crippen LogP contribution is 2.13. The van der Waals surface area contributed by atoms with Gasteiger partial charge in [-0.25, -0.2) is 17.2 Å². The molecule has 0 atom stereocenters. The molecule has 0 unspecified atom stereocenters. The van der Waals surface area contributed by atoms with Crippen LogP contribution in [-0.4, -0.2) is 13.4 Å². The average Bonchev–Trinajstić information content (AvgIpc) is 2.31. The summed E-state index contributed by atoms with van der Waals surface area (Å²) in [5, 5.41) is 0. The molecule has 100 valence electrons. The van der Waals surface area contributed by atoms with E-state index >= 15 is 0 Å². The minimum absolute atomic E-state index is 0.0436. The summed E-state index contributed by atoms with van der Waals surface area (Å²) in [6, 6.07) is 6.12. The van der Waals surface area contributed by atoms with Gasteiger partial charge >= 0.3 is 0 Å². The van der Waals surface area contributed by atoms with Crippen molar-refractivity contribution >= 4 is 15.7 Å². The maximum absolute atomic E-state index is 12.9. The number of nitrogens with one attached hydrogen (secondary N) is 1. The summed E-state index contributed by atoms with van der Waals surface area (Å²) in [4.78, 5) is 3.54. The highest BCUT2D eigenvalue weighted by molar-refractivity contribution is 7.91. The molecule has 1 aromatic carbocycles. The standard InChI is InChI=1S/C12H10F2N2O2S/c13-10-3-1-9(2-4-10)8-19(17,18)16-12-5-11(14)6-15-7-12/h1-7,16H,8H2. The van der Waals surface area contributed by atoms with Crippen molar-refractivity contribution in [3.8, 4) is 0 Å². The van der Waals surface area contributed by atoms with Gasteiger partial charge in [-0.15, -0.1) is 0 Å². The molecule has 0 amide bonds. The van der Waals surface area contributed by atoms with Crippen LogP contribution in [0.15, 0.2) is 42.7 Å². The van der Waals surface area contributed by atoms with Crippen LogP contribution in [0.2, 0.25) is 0 Å². The number of benzene rings is 1. The van der Waals surface area contributed by atoms with Gasteiger partial charge in [-0.1, -0.05) is 12.1 Å². The fourth-order valence-electron chi connectivity index (χ4n) is 1.48. The predicted molar refractivity (Wildman–Crippen MR) is 66.8 cm³/mol. The maximum atomic E-state index is 12.9. The second-order valence-corrected chi connectivity index (χ2v) is 5.60. The molecular weight excluding hydrogens is 274 g/mol. The van der Waals surface area contributed by atoms with Crippen molar-refractivity contribution in [3.63, 3.8) is 0 Å². The van der Waals surface area contributed by atoms with Gasteiger partial charge in [0.2, 0.25) is 10.0 Å². The van der Waals surface area contributed by atoms with Crippen molar-refractivity contribution in [3.05, 3.63) is 59.9 Å². The van der Waals surface area contributed by atoms with Gasteiger partial charge in [0, 0.05) is 6.07 Å². The molecule has 0 aliphatic rings. The average molecular weight is 284 g/mol. The Kier molecular flexibility index (Phi) is 3.75. The summed E-state index contributed by atoms with van der Waals surface area (Å²) in [6.45, 7) is 0. The number of pyridine rings is 1. The normalized spacial score (nSPS) is 11.3. The summed E-state index contributed by atoms with van der Waals surface area (Å²) in [5.74, 6) is -1.41. The van der Waals surface area contributed by atoms with Crippen LogP contribution in [-0.2, 0) is 15.8 Å². The zero-order valence-electron chi connectivity index (χ0n) is 9.68. The van der Waals surface area contributed by atoms with Crippen LogP contribution in [0.5, 0.6) is 0 Å². The van der Waals surface area contributed by atoms with Crippen molar-refractivity contribution < 1.29 is 17.2 Å². The molecule has 7 heteroatoms. The first-order chi connectivity index (χ1) is 8.94. The molecule has 1 aromatic heterocycles. The van der Waals surface area contributed by atoms with E-state index in [9.17, 15) is 17.2 Å². The van der Waals surface area contributed by atoms with Crippen molar-refractivity contribution in [1.29, 1.82) is 0 Å². The predicted octanol–water partition coefficient (Wildman–Crippen LogP) is 2.30. The number of hydrogen-bond acceptors (Lipinski definition) is 3. The van der Waals surface area contributed by atoms with Gasteiger partial charge in [-0.3, -0.25) is 9.71 Å². The molecular formula is C12H10F2N2O2S. The molecule has 19 heavy (non-hydrogen) atoms. The van der Waals surface area contributed by atoms with Gasteiger partial charge in [-0.2, -0.15) is 0 Å². The van der Waals surface area contributed by atoms with Gasteiger partial charge in [0.25, 0.3) is 0 Å². The molecule has 0 spiro atoms. The molecule has 0 aliphatic carbocycles. The third-order valence-electron chi connectivity index (χ3n) is 2.25. The molecule has 0 radical (unpaired) electrons. The molecule has 0 fully saturated rings. The first kappa shape index (κ1) is 13.4. The van der Waals surface area contributed by atoms with Crippen LogP contribution in [0.3, 0.4) is 0 Å². The molecule has 1 heterocycles. The highest BCUT2D eigenvalue weighted by Gasteiger charge is 2.12. The number of sulfonamides is 1. The quantitative estimate of drug-likeness (QED) is 0.937. The lowest BCUT2D eigenvalue weighted by atomic mass is 10.2. The largest absolute Gasteiger partial charge is 0.282 e. The number of aromatic nitrogens is 1. The summed E-state index contributed by atoms with van der Waals surface area (Å²) in [5.41, 5.74) is 0.473. The highest BCUT2D eigenvalue weighted by atomic mass is 32.2. The van der Waals surface area contributed by atoms with Crippen molar-refractivity contribution in [1.82, 2.24) is 4.98 Å². The van der Waals surface area contributed by atoms with E-state index in [1.165, 1.54) is 30.5 Å². The summed E-state index contributed by atoms with van der Waals surface area (Å²) < 4.78 is 51.4. The third kappa shape index (κ3) is 3.99. The van der Waals surface area contributed by atoms with Gasteiger partial charge in [0.15, 0.2) is 0 Å². The van der Waals surface area contributed by atoms with E-state index in [1.807, 2.05) is 0 Å². The first-order valence-electron chi connectivity index (χ1n) is 5.30. The van der Waals surface area contributed by atoms with E-state index in [2.05, 4.69) is 9.71 Å². The molecule has 4 nitrogen and oxygen atoms in total. The smallest absolute Gasteiger partial charge is 0.236 e. The van der Waals surface area contributed by atoms with Crippen LogP contribution < -0.4 is 4.72 Å². The fraction of sp³-hybridized carbons (Fsp3) is 0.0833. The zero-order valence-corrected chi connectivity index (χ0v) is 10.5. The minimum Gasteiger partial charge on any atom is -0.282 e. The van der Waals surface area contributed by atoms with Crippen LogP contribution >= 0.6 is 0 Å². The Morgan fingerprint density at radius 3 is 2.37 bits per heavy atom. The van der Waals surface area contributed by atoms with Crippen molar-refractivity contribution in [2.75, 3.05) is 4.72 Å². The Morgan fingerprint density at radius 2 is 1.74 bits per heavy atom. The monoisotopic (exact) mass is 284 g/mol. The Hall–Kier alpha value is -2.02. The molecule has 0 saturated heterocycles. The molecule has 0 bridgehead atoms. The van der Waals surface area contributed by atoms with Gasteiger partial charge in [0.05, 0.1) is 23.8 Å². The lowest BCUT2D eigenvalue weighted by Gasteiger charge is -2.07. The number of anilines is 1. The van der Waals surface area contributed by atoms with E-state index < -0.39 is 21.7 Å². The topological polar surface area (TPSA) is 59.1 Å². The van der Waals surface area contributed by atoms with Gasteiger partial charge < -0.3 is 0 Å². The van der Waals surface area contributed by atoms with Crippen LogP contribution in [0.1, 0.15) is 5.56 Å². The third-order valence-corrected chi connectivity index (χ3v) is 3.51. The Bertz CT molecular complexity index is 672. The van der Waals surface area contributed by atoms with Gasteiger partial charge in [-0.05, 0) is 17.7 Å². The minimum atomic E-state index is -3.70. The maximum Gasteiger partial charge on any atom is 0.236 e. The molecule has 0 saturated carbocycles. The Morgan fingerprint density at radius 1 is 1.05 bits per heavy atom. The molecule has 0 aliphatic heterocycles. The number of halogens is 2. The van der Waals surface area contributed by atoms with Crippen LogP contribution in [0, 0.1) is 11.6 Å². The molecule has 2 aromatic rings. The van der Waals surface area contributed by atoms with Crippen LogP contribution in [0.25, 0.3) is 0 Å².